The Labute approximate surface area is 139 Å². The molecule has 0 saturated heterocycles. The van der Waals surface area contributed by atoms with Gasteiger partial charge in [-0.15, -0.1) is 0 Å². The second-order valence-corrected chi connectivity index (χ2v) is 4.95. The Morgan fingerprint density at radius 1 is 1.12 bits per heavy atom. The lowest BCUT2D eigenvalue weighted by atomic mass is 9.94. The molecule has 2 aromatic rings. The minimum Gasteiger partial charge on any atom is -0.497 e. The van der Waals surface area contributed by atoms with E-state index in [4.69, 9.17) is 14.2 Å². The molecule has 0 fully saturated rings. The minimum absolute atomic E-state index is 0.0657. The van der Waals surface area contributed by atoms with Gasteiger partial charge in [0, 0.05) is 12.0 Å². The first-order chi connectivity index (χ1) is 11.5. The van der Waals surface area contributed by atoms with Gasteiger partial charge in [-0.1, -0.05) is 12.1 Å². The number of hydrogen-bond acceptors (Lipinski definition) is 5. The molecule has 24 heavy (non-hydrogen) atoms. The summed E-state index contributed by atoms with van der Waals surface area (Å²) in [6.45, 7) is 0. The molecule has 0 bridgehead atoms. The number of carbonyl (C=O) groups is 1. The molecule has 6 heteroatoms. The number of benzene rings is 2. The zero-order chi connectivity index (χ0) is 17.7. The predicted octanol–water partition coefficient (Wildman–Crippen LogP) is 2.87. The number of ether oxygens (including phenoxy) is 3. The van der Waals surface area contributed by atoms with Gasteiger partial charge >= 0.3 is 5.97 Å². The summed E-state index contributed by atoms with van der Waals surface area (Å²) in [7, 11) is 4.46. The molecule has 2 rings (SSSR count). The summed E-state index contributed by atoms with van der Waals surface area (Å²) in [5, 5.41) is 18.8. The van der Waals surface area contributed by atoms with Crippen LogP contribution in [0, 0.1) is 11.3 Å². The highest BCUT2D eigenvalue weighted by molar-refractivity contribution is 5.92. The van der Waals surface area contributed by atoms with Gasteiger partial charge in [0.25, 0.3) is 0 Å². The van der Waals surface area contributed by atoms with Gasteiger partial charge in [-0.25, -0.2) is 4.79 Å². The van der Waals surface area contributed by atoms with E-state index in [0.717, 1.165) is 5.56 Å². The largest absolute Gasteiger partial charge is 0.497 e. The molecule has 0 unspecified atom stereocenters. The van der Waals surface area contributed by atoms with Crippen LogP contribution in [0.25, 0.3) is 0 Å². The van der Waals surface area contributed by atoms with Crippen LogP contribution in [-0.2, 0) is 6.42 Å². The Balaban J connectivity index is 2.62. The van der Waals surface area contributed by atoms with Crippen LogP contribution in [0.5, 0.6) is 17.2 Å². The number of nitrogens with zero attached hydrogens (tertiary/aromatic N) is 1. The molecule has 1 N–H and O–H groups in total. The lowest BCUT2D eigenvalue weighted by Gasteiger charge is -2.16. The topological polar surface area (TPSA) is 88.8 Å². The van der Waals surface area contributed by atoms with Gasteiger partial charge in [-0.3, -0.25) is 0 Å². The molecule has 2 aromatic carbocycles. The molecule has 0 aliphatic carbocycles. The van der Waals surface area contributed by atoms with Crippen molar-refractivity contribution in [3.63, 3.8) is 0 Å². The average Bonchev–Trinajstić information content (AvgIpc) is 2.61. The molecule has 6 nitrogen and oxygen atoms in total. The predicted molar refractivity (Wildman–Crippen MR) is 87.0 cm³/mol. The van der Waals surface area contributed by atoms with Gasteiger partial charge in [0.15, 0.2) is 11.5 Å². The number of methoxy groups -OCH3 is 3. The average molecular weight is 327 g/mol. The third-order valence-corrected chi connectivity index (χ3v) is 3.65. The third-order valence-electron chi connectivity index (χ3n) is 3.65. The minimum atomic E-state index is -1.19. The van der Waals surface area contributed by atoms with E-state index in [2.05, 4.69) is 0 Å². The molecule has 0 aromatic heterocycles. The number of carboxylic acids is 1. The van der Waals surface area contributed by atoms with Crippen molar-refractivity contribution in [2.75, 3.05) is 21.3 Å². The molecule has 0 atom stereocenters. The molecule has 0 heterocycles. The first-order valence-electron chi connectivity index (χ1n) is 7.09. The lowest BCUT2D eigenvalue weighted by molar-refractivity contribution is 0.0696. The Morgan fingerprint density at radius 2 is 1.79 bits per heavy atom. The van der Waals surface area contributed by atoms with Crippen molar-refractivity contribution in [2.45, 2.75) is 6.42 Å². The maximum absolute atomic E-state index is 11.5. The Morgan fingerprint density at radius 3 is 2.25 bits per heavy atom. The molecule has 0 aliphatic heterocycles. The SMILES string of the molecule is COc1ccc(Cc2c(C#N)c(C(=O)O)cc(OC)c2OC)cc1. The van der Waals surface area contributed by atoms with Gasteiger partial charge in [0.1, 0.15) is 11.8 Å². The fourth-order valence-corrected chi connectivity index (χ4v) is 2.48. The van der Waals surface area contributed by atoms with E-state index in [1.165, 1.54) is 20.3 Å². The normalized spacial score (nSPS) is 9.92. The molecule has 0 amide bonds. The van der Waals surface area contributed by atoms with Gasteiger partial charge in [0.05, 0.1) is 32.5 Å². The van der Waals surface area contributed by atoms with Crippen molar-refractivity contribution in [2.24, 2.45) is 0 Å². The van der Waals surface area contributed by atoms with Crippen molar-refractivity contribution in [1.82, 2.24) is 0 Å². The Bertz CT molecular complexity index is 791. The fraction of sp³-hybridized carbons (Fsp3) is 0.222. The Hall–Kier alpha value is -3.20. The highest BCUT2D eigenvalue weighted by Gasteiger charge is 2.23. The summed E-state index contributed by atoms with van der Waals surface area (Å²) in [4.78, 5) is 11.5. The quantitative estimate of drug-likeness (QED) is 0.877. The highest BCUT2D eigenvalue weighted by atomic mass is 16.5. The lowest BCUT2D eigenvalue weighted by Crippen LogP contribution is -2.08. The second-order valence-electron chi connectivity index (χ2n) is 4.95. The van der Waals surface area contributed by atoms with Crippen molar-refractivity contribution in [1.29, 1.82) is 5.26 Å². The summed E-state index contributed by atoms with van der Waals surface area (Å²) in [6.07, 6.45) is 0.327. The number of hydrogen-bond donors (Lipinski definition) is 1. The van der Waals surface area contributed by atoms with Crippen LogP contribution in [0.15, 0.2) is 30.3 Å². The van der Waals surface area contributed by atoms with Crippen LogP contribution < -0.4 is 14.2 Å². The van der Waals surface area contributed by atoms with Gasteiger partial charge in [-0.2, -0.15) is 5.26 Å². The Kier molecular flexibility index (Phi) is 5.27. The fourth-order valence-electron chi connectivity index (χ4n) is 2.48. The molecule has 0 radical (unpaired) electrons. The van der Waals surface area contributed by atoms with Crippen molar-refractivity contribution in [3.05, 3.63) is 52.6 Å². The maximum Gasteiger partial charge on any atom is 0.337 e. The van der Waals surface area contributed by atoms with E-state index in [1.807, 2.05) is 18.2 Å². The molecular formula is C18H17NO5. The number of rotatable bonds is 6. The molecule has 0 saturated carbocycles. The maximum atomic E-state index is 11.5. The zero-order valence-corrected chi connectivity index (χ0v) is 13.6. The van der Waals surface area contributed by atoms with Crippen molar-refractivity contribution in [3.8, 4) is 23.3 Å². The van der Waals surface area contributed by atoms with E-state index in [1.54, 1.807) is 19.2 Å². The number of carboxylic acid groups (broad SMARTS) is 1. The summed E-state index contributed by atoms with van der Waals surface area (Å²) in [5.74, 6) is 0.152. The standard InChI is InChI=1S/C18H17NO5/c1-22-12-6-4-11(5-7-12)8-13-15(10-19)14(18(20)21)9-16(23-2)17(13)24-3/h4-7,9H,8H2,1-3H3,(H,20,21). The van der Waals surface area contributed by atoms with E-state index < -0.39 is 5.97 Å². The van der Waals surface area contributed by atoms with Gasteiger partial charge in [-0.05, 0) is 23.8 Å². The second kappa shape index (κ2) is 7.38. The summed E-state index contributed by atoms with van der Waals surface area (Å²) < 4.78 is 15.7. The van der Waals surface area contributed by atoms with Crippen LogP contribution in [0.2, 0.25) is 0 Å². The third kappa shape index (κ3) is 3.25. The van der Waals surface area contributed by atoms with Crippen LogP contribution in [0.1, 0.15) is 27.0 Å². The number of aromatic carboxylic acids is 1. The van der Waals surface area contributed by atoms with Crippen LogP contribution in [-0.4, -0.2) is 32.4 Å². The monoisotopic (exact) mass is 327 g/mol. The van der Waals surface area contributed by atoms with Crippen LogP contribution in [0.3, 0.4) is 0 Å². The highest BCUT2D eigenvalue weighted by Crippen LogP contribution is 2.37. The van der Waals surface area contributed by atoms with Gasteiger partial charge in [0.2, 0.25) is 0 Å². The number of nitriles is 1. The molecule has 0 spiro atoms. The summed E-state index contributed by atoms with van der Waals surface area (Å²) in [6, 6.07) is 10.6. The van der Waals surface area contributed by atoms with Crippen molar-refractivity contribution >= 4 is 5.97 Å². The molecule has 0 aliphatic rings. The van der Waals surface area contributed by atoms with E-state index >= 15 is 0 Å². The van der Waals surface area contributed by atoms with Crippen LogP contribution >= 0.6 is 0 Å². The molecule has 124 valence electrons. The molecular weight excluding hydrogens is 310 g/mol. The summed E-state index contributed by atoms with van der Waals surface area (Å²) in [5.41, 5.74) is 1.31. The smallest absolute Gasteiger partial charge is 0.337 e. The zero-order valence-electron chi connectivity index (χ0n) is 13.6. The van der Waals surface area contributed by atoms with Crippen LogP contribution in [0.4, 0.5) is 0 Å². The van der Waals surface area contributed by atoms with Crippen molar-refractivity contribution < 1.29 is 24.1 Å². The first kappa shape index (κ1) is 17.2. The van der Waals surface area contributed by atoms with Gasteiger partial charge < -0.3 is 19.3 Å². The van der Waals surface area contributed by atoms with E-state index in [0.29, 0.717) is 23.5 Å². The van der Waals surface area contributed by atoms with E-state index in [9.17, 15) is 15.2 Å². The summed E-state index contributed by atoms with van der Waals surface area (Å²) >= 11 is 0. The van der Waals surface area contributed by atoms with E-state index in [-0.39, 0.29) is 16.9 Å². The first-order valence-corrected chi connectivity index (χ1v) is 7.09.